The van der Waals surface area contributed by atoms with Crippen LogP contribution in [0.1, 0.15) is 21.7 Å². The second-order valence-corrected chi connectivity index (χ2v) is 6.02. The number of esters is 1. The normalized spacial score (nSPS) is 10.3. The van der Waals surface area contributed by atoms with Crippen LogP contribution >= 0.6 is 0 Å². The van der Waals surface area contributed by atoms with Crippen molar-refractivity contribution in [2.45, 2.75) is 25.3 Å². The van der Waals surface area contributed by atoms with Gasteiger partial charge in [0.1, 0.15) is 0 Å². The van der Waals surface area contributed by atoms with Crippen LogP contribution in [0.15, 0.2) is 0 Å². The van der Waals surface area contributed by atoms with Crippen LogP contribution in [0.4, 0.5) is 0 Å². The molecule has 0 fully saturated rings. The fourth-order valence-electron chi connectivity index (χ4n) is 0.505. The first-order valence-corrected chi connectivity index (χ1v) is 4.02. The number of rotatable bonds is 2. The molecular weight excluding hydrogens is 155 g/mol. The zero-order valence-corrected chi connectivity index (χ0v) is 11.5. The van der Waals surface area contributed by atoms with Crippen LogP contribution in [-0.4, -0.2) is 23.3 Å². The van der Waals surface area contributed by atoms with E-state index in [9.17, 15) is 4.79 Å². The minimum absolute atomic E-state index is 0. The Labute approximate surface area is 88.9 Å². The van der Waals surface area contributed by atoms with Crippen molar-refractivity contribution in [3.8, 4) is 0 Å². The third-order valence-corrected chi connectivity index (χ3v) is 1.26. The summed E-state index contributed by atoms with van der Waals surface area (Å²) in [5, 5.41) is 0.188. The van der Waals surface area contributed by atoms with Crippen molar-refractivity contribution in [3.05, 3.63) is 0 Å². The summed E-state index contributed by atoms with van der Waals surface area (Å²) in [5.41, 5.74) is 0. The zero-order chi connectivity index (χ0) is 7.49. The molecule has 0 N–H and O–H groups in total. The Morgan fingerprint density at radius 1 is 1.70 bits per heavy atom. The van der Waals surface area contributed by atoms with E-state index in [1.807, 2.05) is 0 Å². The first-order valence-electron chi connectivity index (χ1n) is 3.02. The van der Waals surface area contributed by atoms with Crippen LogP contribution in [0, 0.1) is 0 Å². The molecule has 0 aliphatic rings. The Kier molecular flexibility index (Phi) is 7.11. The van der Waals surface area contributed by atoms with Gasteiger partial charge >= 0.3 is 35.5 Å². The average molecular weight is 170 g/mol. The smallest absolute Gasteiger partial charge is 1.00 e. The van der Waals surface area contributed by atoms with Gasteiger partial charge in [0.25, 0.3) is 0 Å². The zero-order valence-electron chi connectivity index (χ0n) is 8.52. The molecule has 0 aromatic heterocycles. The molecule has 2 nitrogen and oxygen atoms in total. The number of ether oxygens (including phenoxy) is 1. The van der Waals surface area contributed by atoms with Crippen molar-refractivity contribution in [1.29, 1.82) is 0 Å². The van der Waals surface area contributed by atoms with Gasteiger partial charge in [0.2, 0.25) is 0 Å². The Bertz CT molecular complexity index is 114. The molecule has 0 amide bonds. The molecule has 0 radical (unpaired) electrons. The van der Waals surface area contributed by atoms with Crippen LogP contribution in [0.25, 0.3) is 0 Å². The summed E-state index contributed by atoms with van der Waals surface area (Å²) in [4.78, 5) is 10.6. The molecule has 0 saturated heterocycles. The maximum Gasteiger partial charge on any atom is 1.00 e. The predicted molar refractivity (Wildman–Crippen MR) is 41.7 cm³/mol. The molecule has 0 aliphatic carbocycles. The minimum Gasteiger partial charge on any atom is -1.00 e. The van der Waals surface area contributed by atoms with Crippen LogP contribution in [0.2, 0.25) is 5.04 Å². The van der Waals surface area contributed by atoms with E-state index in [1.165, 1.54) is 7.11 Å². The first kappa shape index (κ1) is 13.3. The van der Waals surface area contributed by atoms with Crippen LogP contribution < -0.4 is 29.6 Å². The Morgan fingerprint density at radius 2 is 2.10 bits per heavy atom. The molecular formula is C6H15NaO2Si. The van der Waals surface area contributed by atoms with Crippen molar-refractivity contribution in [3.63, 3.8) is 0 Å². The number of hydrogen-bond donors (Lipinski definition) is 0. The van der Waals surface area contributed by atoms with E-state index in [0.717, 1.165) is 10.2 Å². The Balaban J connectivity index is -0.000000320. The van der Waals surface area contributed by atoms with Gasteiger partial charge in [0.05, 0.1) is 7.11 Å². The molecule has 0 saturated carbocycles. The van der Waals surface area contributed by atoms with Gasteiger partial charge in [-0.2, -0.15) is 0 Å². The van der Waals surface area contributed by atoms with Gasteiger partial charge in [0, 0.05) is 16.7 Å². The van der Waals surface area contributed by atoms with Gasteiger partial charge < -0.3 is 6.16 Å². The molecule has 0 aromatic carbocycles. The number of carbonyl (C=O) groups is 1. The van der Waals surface area contributed by atoms with Gasteiger partial charge in [-0.1, -0.05) is 13.8 Å². The van der Waals surface area contributed by atoms with Gasteiger partial charge in [-0.15, -0.1) is 0 Å². The van der Waals surface area contributed by atoms with E-state index in [4.69, 9.17) is 0 Å². The molecule has 0 atom stereocenters. The summed E-state index contributed by atoms with van der Waals surface area (Å²) in [5.74, 6) is -0.102. The van der Waals surface area contributed by atoms with Crippen molar-refractivity contribution in [1.82, 2.24) is 0 Å². The van der Waals surface area contributed by atoms with Gasteiger partial charge in [0.15, 0.2) is 0 Å². The minimum atomic E-state index is -0.102. The molecule has 4 heteroatoms. The third kappa shape index (κ3) is 8.69. The molecule has 0 unspecified atom stereocenters. The van der Waals surface area contributed by atoms with E-state index in [1.54, 1.807) is 0 Å². The van der Waals surface area contributed by atoms with E-state index in [2.05, 4.69) is 18.6 Å². The van der Waals surface area contributed by atoms with Gasteiger partial charge in [-0.05, 0) is 5.04 Å². The van der Waals surface area contributed by atoms with Gasteiger partial charge in [-0.25, -0.2) is 0 Å². The predicted octanol–water partition coefficient (Wildman–Crippen LogP) is -2.77. The average Bonchev–Trinajstić information content (AvgIpc) is 1.62. The molecule has 0 rings (SSSR count). The quantitative estimate of drug-likeness (QED) is 0.331. The standard InChI is InChI=1S/C6H14O2Si.Na.H/c1-6(2,9)4-5(7)8-3;;/h4H2,1-3,9H3;;/q;+1;-1. The summed E-state index contributed by atoms with van der Waals surface area (Å²) in [6.07, 6.45) is 0.551. The van der Waals surface area contributed by atoms with Crippen LogP contribution in [0.5, 0.6) is 0 Å². The number of carbonyl (C=O) groups excluding carboxylic acids is 1. The van der Waals surface area contributed by atoms with E-state index >= 15 is 0 Å². The molecule has 10 heavy (non-hydrogen) atoms. The first-order chi connectivity index (χ1) is 3.95. The molecule has 0 heterocycles. The summed E-state index contributed by atoms with van der Waals surface area (Å²) >= 11 is 0. The SMILES string of the molecule is COC(=O)CC(C)(C)[SiH3].[H-].[Na+]. The van der Waals surface area contributed by atoms with Crippen LogP contribution in [0.3, 0.4) is 0 Å². The third-order valence-electron chi connectivity index (χ3n) is 0.902. The maximum atomic E-state index is 10.6. The van der Waals surface area contributed by atoms with Crippen molar-refractivity contribution < 1.29 is 40.5 Å². The van der Waals surface area contributed by atoms with Gasteiger partial charge in [-0.3, -0.25) is 4.79 Å². The maximum absolute atomic E-state index is 10.6. The fourth-order valence-corrected chi connectivity index (χ4v) is 0.794. The van der Waals surface area contributed by atoms with Crippen molar-refractivity contribution >= 4 is 16.2 Å². The second-order valence-electron chi connectivity index (χ2n) is 3.31. The fraction of sp³-hybridized carbons (Fsp3) is 0.833. The van der Waals surface area contributed by atoms with E-state index in [-0.39, 0.29) is 42.0 Å². The second kappa shape index (κ2) is 5.35. The monoisotopic (exact) mass is 170 g/mol. The molecule has 0 aromatic rings. The number of methoxy groups -OCH3 is 1. The summed E-state index contributed by atoms with van der Waals surface area (Å²) < 4.78 is 4.51. The number of hydrogen-bond acceptors (Lipinski definition) is 2. The van der Waals surface area contributed by atoms with E-state index in [0.29, 0.717) is 6.42 Å². The molecule has 56 valence electrons. The molecule has 0 bridgehead atoms. The van der Waals surface area contributed by atoms with Crippen molar-refractivity contribution in [2.75, 3.05) is 7.11 Å². The summed E-state index contributed by atoms with van der Waals surface area (Å²) in [6, 6.07) is 0. The van der Waals surface area contributed by atoms with Crippen LogP contribution in [-0.2, 0) is 9.53 Å². The summed E-state index contributed by atoms with van der Waals surface area (Å²) in [6.45, 7) is 4.13. The topological polar surface area (TPSA) is 26.3 Å². The molecule has 0 aliphatic heterocycles. The largest absolute Gasteiger partial charge is 1.00 e. The molecule has 0 spiro atoms. The van der Waals surface area contributed by atoms with Crippen molar-refractivity contribution in [2.24, 2.45) is 0 Å². The van der Waals surface area contributed by atoms with E-state index < -0.39 is 0 Å². The Morgan fingerprint density at radius 3 is 2.20 bits per heavy atom. The summed E-state index contributed by atoms with van der Waals surface area (Å²) in [7, 11) is 2.46. The Hall–Kier alpha value is 0.687.